The number of rotatable bonds is 6. The second-order valence-electron chi connectivity index (χ2n) is 6.61. The van der Waals surface area contributed by atoms with Gasteiger partial charge in [0.15, 0.2) is 4.34 Å². The van der Waals surface area contributed by atoms with Gasteiger partial charge >= 0.3 is 0 Å². The highest BCUT2D eigenvalue weighted by atomic mass is 32.2. The molecule has 0 saturated carbocycles. The minimum Gasteiger partial charge on any atom is -0.192 e. The summed E-state index contributed by atoms with van der Waals surface area (Å²) in [4.78, 5) is 0. The fourth-order valence-electron chi connectivity index (χ4n) is 2.58. The maximum atomic E-state index is 8.83. The van der Waals surface area contributed by atoms with E-state index in [2.05, 4.69) is 59.6 Å². The van der Waals surface area contributed by atoms with Crippen LogP contribution in [0.3, 0.4) is 0 Å². The Balaban J connectivity index is 1.39. The fourth-order valence-corrected chi connectivity index (χ4v) is 3.28. The fraction of sp³-hybridized carbons (Fsp3) is 0.0455. The summed E-state index contributed by atoms with van der Waals surface area (Å²) in [6.07, 6.45) is 0. The number of nitriles is 1. The van der Waals surface area contributed by atoms with Crippen LogP contribution in [-0.4, -0.2) is 10.2 Å². The van der Waals surface area contributed by atoms with Crippen LogP contribution in [0.15, 0.2) is 102 Å². The molecule has 0 spiro atoms. The molecule has 0 saturated heterocycles. The van der Waals surface area contributed by atoms with Crippen LogP contribution >= 0.6 is 24.0 Å². The van der Waals surface area contributed by atoms with E-state index in [0.717, 1.165) is 5.56 Å². The van der Waals surface area contributed by atoms with Crippen molar-refractivity contribution in [3.63, 3.8) is 0 Å². The Labute approximate surface area is 198 Å². The second-order valence-corrected chi connectivity index (χ2v) is 8.30. The maximum Gasteiger partial charge on any atom is 0.252 e. The molecule has 3 aromatic carbocycles. The van der Waals surface area contributed by atoms with Gasteiger partial charge in [-0.15, -0.1) is 33.1 Å². The van der Waals surface area contributed by atoms with Gasteiger partial charge in [-0.1, -0.05) is 11.3 Å². The predicted molar refractivity (Wildman–Crippen MR) is 128 cm³/mol. The lowest BCUT2D eigenvalue weighted by atomic mass is 10.2. The van der Waals surface area contributed by atoms with Gasteiger partial charge < -0.3 is 0 Å². The monoisotopic (exact) mass is 469 g/mol. The number of nitrogens with zero attached hydrogens (tertiary/aromatic N) is 9. The van der Waals surface area contributed by atoms with E-state index in [1.54, 1.807) is 36.4 Å². The van der Waals surface area contributed by atoms with Gasteiger partial charge in [-0.2, -0.15) is 25.7 Å². The highest BCUT2D eigenvalue weighted by Gasteiger charge is 2.02. The van der Waals surface area contributed by atoms with E-state index in [0.29, 0.717) is 43.5 Å². The molecule has 0 N–H and O–H groups in total. The molecule has 160 valence electrons. The number of benzene rings is 3. The van der Waals surface area contributed by atoms with Crippen molar-refractivity contribution in [2.75, 3.05) is 0 Å². The predicted octanol–water partition coefficient (Wildman–Crippen LogP) is 8.25. The molecule has 0 aliphatic heterocycles. The molecule has 0 atom stereocenters. The van der Waals surface area contributed by atoms with Crippen LogP contribution in [0.2, 0.25) is 0 Å². The van der Waals surface area contributed by atoms with Gasteiger partial charge in [0.2, 0.25) is 0 Å². The van der Waals surface area contributed by atoms with Crippen molar-refractivity contribution in [1.82, 2.24) is 10.2 Å². The Kier molecular flexibility index (Phi) is 6.99. The summed E-state index contributed by atoms with van der Waals surface area (Å²) >= 11 is 5.36. The Bertz CT molecular complexity index is 1380. The molecule has 0 amide bonds. The summed E-state index contributed by atoms with van der Waals surface area (Å²) in [6.45, 7) is 1.92. The first kappa shape index (κ1) is 22.1. The van der Waals surface area contributed by atoms with Crippen molar-refractivity contribution >= 4 is 57.5 Å². The van der Waals surface area contributed by atoms with Crippen molar-refractivity contribution in [3.8, 4) is 6.07 Å². The van der Waals surface area contributed by atoms with Crippen LogP contribution < -0.4 is 0 Å². The summed E-state index contributed by atoms with van der Waals surface area (Å²) in [6, 6.07) is 21.7. The second kappa shape index (κ2) is 10.4. The third-order valence-corrected chi connectivity index (χ3v) is 5.21. The van der Waals surface area contributed by atoms with Crippen molar-refractivity contribution in [3.05, 3.63) is 77.9 Å². The lowest BCUT2D eigenvalue weighted by Crippen LogP contribution is -1.74. The number of thiol groups is 1. The molecule has 4 aromatic rings. The molecule has 33 heavy (non-hydrogen) atoms. The molecule has 1 aromatic heterocycles. The molecule has 4 rings (SSSR count). The smallest absolute Gasteiger partial charge is 0.192 e. The summed E-state index contributed by atoms with van der Waals surface area (Å²) in [5.74, 6) is 0. The van der Waals surface area contributed by atoms with Crippen LogP contribution in [0.5, 0.6) is 0 Å². The number of azo groups is 3. The minimum atomic E-state index is 0.447. The summed E-state index contributed by atoms with van der Waals surface area (Å²) < 4.78 is 0.541. The average molecular weight is 470 g/mol. The molecular weight excluding hydrogens is 454 g/mol. The zero-order valence-corrected chi connectivity index (χ0v) is 18.9. The number of hydrogen-bond donors (Lipinski definition) is 1. The zero-order valence-electron chi connectivity index (χ0n) is 17.2. The lowest BCUT2D eigenvalue weighted by molar-refractivity contribution is 0.997. The van der Waals surface area contributed by atoms with Crippen LogP contribution in [-0.2, 0) is 0 Å². The van der Waals surface area contributed by atoms with Crippen molar-refractivity contribution in [2.45, 2.75) is 11.3 Å². The summed E-state index contributed by atoms with van der Waals surface area (Å²) in [7, 11) is 0. The standard InChI is InChI=1S/C22H15N9S2/c1-14-12-19(10-11-20(14)28-29-21-30-31-22(32)33-21)27-26-18-8-6-17(7-9-18)25-24-16-4-2-15(13-23)3-5-16/h2-12H,1H3,(H,31,32). The Morgan fingerprint density at radius 3 is 1.79 bits per heavy atom. The summed E-state index contributed by atoms with van der Waals surface area (Å²) in [5.41, 5.74) is 4.94. The van der Waals surface area contributed by atoms with E-state index < -0.39 is 0 Å². The van der Waals surface area contributed by atoms with Crippen LogP contribution in [0.25, 0.3) is 0 Å². The highest BCUT2D eigenvalue weighted by Crippen LogP contribution is 2.29. The van der Waals surface area contributed by atoms with E-state index in [1.807, 2.05) is 37.3 Å². The third kappa shape index (κ3) is 6.19. The lowest BCUT2D eigenvalue weighted by Gasteiger charge is -2.00. The highest BCUT2D eigenvalue weighted by molar-refractivity contribution is 7.82. The van der Waals surface area contributed by atoms with E-state index in [4.69, 9.17) is 5.26 Å². The van der Waals surface area contributed by atoms with Gasteiger partial charge in [0.05, 0.1) is 40.1 Å². The molecule has 0 bridgehead atoms. The van der Waals surface area contributed by atoms with E-state index >= 15 is 0 Å². The molecule has 0 aliphatic carbocycles. The topological polar surface area (TPSA) is 124 Å². The quantitative estimate of drug-likeness (QED) is 0.226. The van der Waals surface area contributed by atoms with Crippen molar-refractivity contribution in [1.29, 1.82) is 5.26 Å². The first-order valence-corrected chi connectivity index (χ1v) is 10.8. The average Bonchev–Trinajstić information content (AvgIpc) is 3.26. The van der Waals surface area contributed by atoms with Crippen molar-refractivity contribution in [2.24, 2.45) is 30.7 Å². The van der Waals surface area contributed by atoms with Crippen LogP contribution in [0.4, 0.5) is 33.6 Å². The summed E-state index contributed by atoms with van der Waals surface area (Å²) in [5, 5.41) is 42.1. The molecule has 1 heterocycles. The molecule has 0 unspecified atom stereocenters. The molecule has 0 radical (unpaired) electrons. The zero-order chi connectivity index (χ0) is 23.0. The van der Waals surface area contributed by atoms with Crippen LogP contribution in [0, 0.1) is 18.3 Å². The number of aryl methyl sites for hydroxylation is 1. The first-order valence-electron chi connectivity index (χ1n) is 9.58. The van der Waals surface area contributed by atoms with Crippen molar-refractivity contribution < 1.29 is 0 Å². The largest absolute Gasteiger partial charge is 0.252 e. The van der Waals surface area contributed by atoms with E-state index in [9.17, 15) is 0 Å². The van der Waals surface area contributed by atoms with E-state index in [-0.39, 0.29) is 0 Å². The number of hydrogen-bond acceptors (Lipinski definition) is 11. The SMILES string of the molecule is Cc1cc(N=Nc2ccc(N=Nc3ccc(C#N)cc3)cc2)ccc1N=Nc1nnc(S)s1. The Morgan fingerprint density at radius 1 is 0.727 bits per heavy atom. The molecule has 0 aliphatic rings. The van der Waals surface area contributed by atoms with Gasteiger partial charge in [0, 0.05) is 0 Å². The Morgan fingerprint density at radius 2 is 1.27 bits per heavy atom. The van der Waals surface area contributed by atoms with Gasteiger partial charge in [0.1, 0.15) is 0 Å². The van der Waals surface area contributed by atoms with Gasteiger partial charge in [-0.05, 0) is 79.2 Å². The Hall–Kier alpha value is -4.14. The maximum absolute atomic E-state index is 8.83. The first-order chi connectivity index (χ1) is 16.1. The number of aromatic nitrogens is 2. The van der Waals surface area contributed by atoms with Gasteiger partial charge in [0.25, 0.3) is 5.13 Å². The van der Waals surface area contributed by atoms with E-state index in [1.165, 1.54) is 11.3 Å². The normalized spacial score (nSPS) is 11.5. The van der Waals surface area contributed by atoms with Gasteiger partial charge in [-0.25, -0.2) is 0 Å². The minimum absolute atomic E-state index is 0.447. The van der Waals surface area contributed by atoms with Crippen LogP contribution in [0.1, 0.15) is 11.1 Å². The molecule has 9 nitrogen and oxygen atoms in total. The molecule has 0 fully saturated rings. The third-order valence-electron chi connectivity index (χ3n) is 4.24. The molecular formula is C22H15N9S2. The molecule has 11 heteroatoms. The van der Waals surface area contributed by atoms with Gasteiger partial charge in [-0.3, -0.25) is 0 Å².